The van der Waals surface area contributed by atoms with Gasteiger partial charge < -0.3 is 9.47 Å². The van der Waals surface area contributed by atoms with Crippen LogP contribution in [0, 0.1) is 3.57 Å². The van der Waals surface area contributed by atoms with E-state index >= 15 is 0 Å². The molecule has 0 saturated carbocycles. The summed E-state index contributed by atoms with van der Waals surface area (Å²) in [5.41, 5.74) is 3.86. The van der Waals surface area contributed by atoms with Crippen molar-refractivity contribution in [2.45, 2.75) is 6.92 Å². The SMILES string of the molecule is CCOc1ccc(/C=N\NC(=O)c2ccc(I)c(OC)c2)cc1. The normalized spacial score (nSPS) is 10.6. The van der Waals surface area contributed by atoms with Crippen molar-refractivity contribution in [3.05, 3.63) is 57.2 Å². The summed E-state index contributed by atoms with van der Waals surface area (Å²) in [6, 6.07) is 12.7. The number of nitrogens with zero attached hydrogens (tertiary/aromatic N) is 1. The maximum atomic E-state index is 12.1. The zero-order valence-electron chi connectivity index (χ0n) is 12.9. The standard InChI is InChI=1S/C17H17IN2O3/c1-3-23-14-7-4-12(5-8-14)11-19-20-17(21)13-6-9-15(18)16(10-13)22-2/h4-11H,3H2,1-2H3,(H,20,21)/b19-11-. The second-order valence-electron chi connectivity index (χ2n) is 4.55. The zero-order chi connectivity index (χ0) is 16.7. The summed E-state index contributed by atoms with van der Waals surface area (Å²) >= 11 is 2.15. The Morgan fingerprint density at radius 2 is 2.00 bits per heavy atom. The largest absolute Gasteiger partial charge is 0.496 e. The minimum atomic E-state index is -0.290. The summed E-state index contributed by atoms with van der Waals surface area (Å²) < 4.78 is 11.5. The van der Waals surface area contributed by atoms with Crippen LogP contribution in [0.1, 0.15) is 22.8 Å². The number of rotatable bonds is 6. The molecular weight excluding hydrogens is 407 g/mol. The van der Waals surface area contributed by atoms with Crippen LogP contribution in [0.4, 0.5) is 0 Å². The highest BCUT2D eigenvalue weighted by Crippen LogP contribution is 2.21. The number of methoxy groups -OCH3 is 1. The first-order chi connectivity index (χ1) is 11.1. The van der Waals surface area contributed by atoms with Crippen molar-refractivity contribution in [1.82, 2.24) is 5.43 Å². The van der Waals surface area contributed by atoms with Crippen LogP contribution in [0.2, 0.25) is 0 Å². The quantitative estimate of drug-likeness (QED) is 0.439. The van der Waals surface area contributed by atoms with Gasteiger partial charge in [-0.15, -0.1) is 0 Å². The number of carbonyl (C=O) groups is 1. The molecule has 5 nitrogen and oxygen atoms in total. The number of amides is 1. The molecule has 0 aromatic heterocycles. The Hall–Kier alpha value is -2.09. The van der Waals surface area contributed by atoms with Crippen molar-refractivity contribution in [3.63, 3.8) is 0 Å². The van der Waals surface area contributed by atoms with Crippen LogP contribution in [0.5, 0.6) is 11.5 Å². The number of hydrogen-bond acceptors (Lipinski definition) is 4. The van der Waals surface area contributed by atoms with Crippen LogP contribution < -0.4 is 14.9 Å². The van der Waals surface area contributed by atoms with Crippen LogP contribution >= 0.6 is 22.6 Å². The van der Waals surface area contributed by atoms with Gasteiger partial charge in [0.15, 0.2) is 0 Å². The van der Waals surface area contributed by atoms with E-state index in [0.29, 0.717) is 17.9 Å². The third-order valence-corrected chi connectivity index (χ3v) is 3.88. The Morgan fingerprint density at radius 3 is 2.65 bits per heavy atom. The van der Waals surface area contributed by atoms with Gasteiger partial charge in [-0.05, 0) is 77.5 Å². The van der Waals surface area contributed by atoms with Crippen LogP contribution in [-0.2, 0) is 0 Å². The molecule has 0 fully saturated rings. The number of nitrogens with one attached hydrogen (secondary N) is 1. The monoisotopic (exact) mass is 424 g/mol. The lowest BCUT2D eigenvalue weighted by Gasteiger charge is -2.05. The van der Waals surface area contributed by atoms with Crippen LogP contribution in [0.3, 0.4) is 0 Å². The summed E-state index contributed by atoms with van der Waals surface area (Å²) in [5, 5.41) is 3.96. The summed E-state index contributed by atoms with van der Waals surface area (Å²) in [6.45, 7) is 2.56. The first-order valence-corrected chi connectivity index (χ1v) is 8.11. The lowest BCUT2D eigenvalue weighted by atomic mass is 10.2. The number of benzene rings is 2. The van der Waals surface area contributed by atoms with Crippen molar-refractivity contribution in [2.24, 2.45) is 5.10 Å². The van der Waals surface area contributed by atoms with Crippen molar-refractivity contribution in [3.8, 4) is 11.5 Å². The molecule has 0 unspecified atom stereocenters. The molecule has 2 aromatic rings. The van der Waals surface area contributed by atoms with E-state index in [4.69, 9.17) is 9.47 Å². The van der Waals surface area contributed by atoms with Gasteiger partial charge in [0.2, 0.25) is 0 Å². The summed E-state index contributed by atoms with van der Waals surface area (Å²) in [4.78, 5) is 12.1. The van der Waals surface area contributed by atoms with E-state index in [1.165, 1.54) is 0 Å². The van der Waals surface area contributed by atoms with E-state index in [1.54, 1.807) is 25.5 Å². The molecule has 6 heteroatoms. The van der Waals surface area contributed by atoms with Gasteiger partial charge in [0.05, 0.1) is 23.5 Å². The lowest BCUT2D eigenvalue weighted by Crippen LogP contribution is -2.17. The molecule has 120 valence electrons. The molecule has 0 atom stereocenters. The van der Waals surface area contributed by atoms with Crippen molar-refractivity contribution < 1.29 is 14.3 Å². The molecule has 23 heavy (non-hydrogen) atoms. The molecule has 0 aliphatic rings. The lowest BCUT2D eigenvalue weighted by molar-refractivity contribution is 0.0954. The fraction of sp³-hybridized carbons (Fsp3) is 0.176. The van der Waals surface area contributed by atoms with Crippen LogP contribution in [-0.4, -0.2) is 25.8 Å². The minimum absolute atomic E-state index is 0.290. The van der Waals surface area contributed by atoms with E-state index in [-0.39, 0.29) is 5.91 Å². The fourth-order valence-electron chi connectivity index (χ4n) is 1.85. The first-order valence-electron chi connectivity index (χ1n) is 7.04. The minimum Gasteiger partial charge on any atom is -0.496 e. The molecule has 0 saturated heterocycles. The van der Waals surface area contributed by atoms with Gasteiger partial charge in [-0.25, -0.2) is 5.43 Å². The second kappa shape index (κ2) is 8.52. The van der Waals surface area contributed by atoms with Gasteiger partial charge >= 0.3 is 0 Å². The van der Waals surface area contributed by atoms with E-state index in [0.717, 1.165) is 14.9 Å². The van der Waals surface area contributed by atoms with Crippen molar-refractivity contribution in [1.29, 1.82) is 0 Å². The Balaban J connectivity index is 1.98. The highest BCUT2D eigenvalue weighted by molar-refractivity contribution is 14.1. The van der Waals surface area contributed by atoms with E-state index in [1.807, 2.05) is 37.3 Å². The molecule has 0 bridgehead atoms. The molecule has 1 amide bonds. The second-order valence-corrected chi connectivity index (χ2v) is 5.71. The highest BCUT2D eigenvalue weighted by Gasteiger charge is 2.08. The Kier molecular flexibility index (Phi) is 6.40. The third-order valence-electron chi connectivity index (χ3n) is 2.98. The molecule has 0 radical (unpaired) electrons. The molecular formula is C17H17IN2O3. The van der Waals surface area contributed by atoms with Gasteiger partial charge in [-0.3, -0.25) is 4.79 Å². The molecule has 0 aliphatic carbocycles. The Morgan fingerprint density at radius 1 is 1.26 bits per heavy atom. The molecule has 0 spiro atoms. The topological polar surface area (TPSA) is 59.9 Å². The summed E-state index contributed by atoms with van der Waals surface area (Å²) in [6.07, 6.45) is 1.58. The zero-order valence-corrected chi connectivity index (χ0v) is 15.0. The van der Waals surface area contributed by atoms with Gasteiger partial charge in [0.25, 0.3) is 5.91 Å². The van der Waals surface area contributed by atoms with Gasteiger partial charge in [0, 0.05) is 5.56 Å². The van der Waals surface area contributed by atoms with Crippen molar-refractivity contribution in [2.75, 3.05) is 13.7 Å². The fourth-order valence-corrected chi connectivity index (χ4v) is 2.40. The van der Waals surface area contributed by atoms with Crippen LogP contribution in [0.25, 0.3) is 0 Å². The highest BCUT2D eigenvalue weighted by atomic mass is 127. The Labute approximate surface area is 148 Å². The van der Waals surface area contributed by atoms with Gasteiger partial charge in [-0.1, -0.05) is 0 Å². The predicted molar refractivity (Wildman–Crippen MR) is 98.4 cm³/mol. The average molecular weight is 424 g/mol. The van der Waals surface area contributed by atoms with Gasteiger partial charge in [-0.2, -0.15) is 5.10 Å². The van der Waals surface area contributed by atoms with Crippen molar-refractivity contribution >= 4 is 34.7 Å². The number of ether oxygens (including phenoxy) is 2. The third kappa shape index (κ3) is 4.95. The number of hydrogen-bond donors (Lipinski definition) is 1. The number of halogens is 1. The molecule has 1 N–H and O–H groups in total. The maximum absolute atomic E-state index is 12.1. The van der Waals surface area contributed by atoms with Crippen LogP contribution in [0.15, 0.2) is 47.6 Å². The van der Waals surface area contributed by atoms with E-state index in [9.17, 15) is 4.79 Å². The molecule has 0 aliphatic heterocycles. The van der Waals surface area contributed by atoms with E-state index < -0.39 is 0 Å². The van der Waals surface area contributed by atoms with Gasteiger partial charge in [0.1, 0.15) is 11.5 Å². The number of carbonyl (C=O) groups excluding carboxylic acids is 1. The molecule has 2 rings (SSSR count). The predicted octanol–water partition coefficient (Wildman–Crippen LogP) is 3.46. The first kappa shape index (κ1) is 17.3. The summed E-state index contributed by atoms with van der Waals surface area (Å²) in [5.74, 6) is 1.18. The molecule has 2 aromatic carbocycles. The Bertz CT molecular complexity index is 699. The average Bonchev–Trinajstić information content (AvgIpc) is 2.57. The van der Waals surface area contributed by atoms with E-state index in [2.05, 4.69) is 33.1 Å². The number of hydrazone groups is 1. The summed E-state index contributed by atoms with van der Waals surface area (Å²) in [7, 11) is 1.57. The maximum Gasteiger partial charge on any atom is 0.271 e. The smallest absolute Gasteiger partial charge is 0.271 e. The molecule has 0 heterocycles.